The van der Waals surface area contributed by atoms with Crippen LogP contribution < -0.4 is 10.2 Å². The summed E-state index contributed by atoms with van der Waals surface area (Å²) in [5.41, 5.74) is -0.299. The summed E-state index contributed by atoms with van der Waals surface area (Å²) in [5, 5.41) is 6.83. The first-order valence-electron chi connectivity index (χ1n) is 4.55. The van der Waals surface area contributed by atoms with E-state index in [-0.39, 0.29) is 16.4 Å². The standard InChI is InChI=1S/C9H5BrCl2N4OS/c10-5-1-4(3-13-8(5)12)18-16-9-6(17)2-7(11)14-15-9/h1-3H,(H,14,17)(H,15,16). The minimum atomic E-state index is -0.299. The average molecular weight is 368 g/mol. The molecular formula is C9H5BrCl2N4OS. The third kappa shape index (κ3) is 3.38. The van der Waals surface area contributed by atoms with Crippen molar-refractivity contribution >= 4 is 56.9 Å². The first-order valence-corrected chi connectivity index (χ1v) is 6.92. The molecule has 2 heterocycles. The number of aromatic nitrogens is 3. The van der Waals surface area contributed by atoms with E-state index < -0.39 is 0 Å². The van der Waals surface area contributed by atoms with E-state index in [1.165, 1.54) is 18.0 Å². The zero-order valence-corrected chi connectivity index (χ0v) is 12.5. The van der Waals surface area contributed by atoms with Crippen LogP contribution in [0.5, 0.6) is 0 Å². The molecule has 9 heteroatoms. The van der Waals surface area contributed by atoms with Gasteiger partial charge in [0.15, 0.2) is 0 Å². The molecule has 0 atom stereocenters. The Balaban J connectivity index is 2.11. The smallest absolute Gasteiger partial charge is 0.226 e. The summed E-state index contributed by atoms with van der Waals surface area (Å²) < 4.78 is 3.48. The summed E-state index contributed by atoms with van der Waals surface area (Å²) in [5.74, 6) is 0.162. The molecule has 2 aromatic heterocycles. The number of nitrogens with zero attached hydrogens (tertiary/aromatic N) is 2. The maximum atomic E-state index is 11.5. The molecule has 2 aromatic rings. The molecule has 0 amide bonds. The average Bonchev–Trinajstić information content (AvgIpc) is 2.32. The van der Waals surface area contributed by atoms with E-state index in [1.807, 2.05) is 0 Å². The van der Waals surface area contributed by atoms with Crippen LogP contribution in [-0.4, -0.2) is 15.2 Å². The molecule has 0 saturated heterocycles. The van der Waals surface area contributed by atoms with E-state index in [1.54, 1.807) is 12.3 Å². The summed E-state index contributed by atoms with van der Waals surface area (Å²) in [4.78, 5) is 16.2. The monoisotopic (exact) mass is 366 g/mol. The largest absolute Gasteiger partial charge is 0.305 e. The van der Waals surface area contributed by atoms with E-state index in [0.29, 0.717) is 9.63 Å². The maximum Gasteiger partial charge on any atom is 0.226 e. The molecule has 0 aliphatic rings. The number of aromatic amines is 1. The quantitative estimate of drug-likeness (QED) is 0.643. The number of rotatable bonds is 3. The van der Waals surface area contributed by atoms with Gasteiger partial charge in [0.1, 0.15) is 10.3 Å². The van der Waals surface area contributed by atoms with Gasteiger partial charge in [-0.15, -0.1) is 0 Å². The molecule has 18 heavy (non-hydrogen) atoms. The molecule has 5 nitrogen and oxygen atoms in total. The fourth-order valence-electron chi connectivity index (χ4n) is 1.02. The molecule has 0 bridgehead atoms. The van der Waals surface area contributed by atoms with Crippen molar-refractivity contribution in [2.75, 3.05) is 4.72 Å². The van der Waals surface area contributed by atoms with Gasteiger partial charge in [0, 0.05) is 17.2 Å². The number of anilines is 1. The molecule has 2 N–H and O–H groups in total. The second-order valence-corrected chi connectivity index (χ2v) is 5.58. The first-order chi connectivity index (χ1) is 8.56. The Morgan fingerprint density at radius 3 is 2.83 bits per heavy atom. The Morgan fingerprint density at radius 1 is 1.39 bits per heavy atom. The van der Waals surface area contributed by atoms with E-state index in [2.05, 4.69) is 35.8 Å². The van der Waals surface area contributed by atoms with Gasteiger partial charge in [0.25, 0.3) is 0 Å². The highest BCUT2D eigenvalue weighted by Gasteiger charge is 2.05. The molecule has 0 unspecified atom stereocenters. The topological polar surface area (TPSA) is 70.7 Å². The van der Waals surface area contributed by atoms with Crippen LogP contribution in [0.2, 0.25) is 10.3 Å². The molecule has 0 aromatic carbocycles. The van der Waals surface area contributed by atoms with Crippen molar-refractivity contribution in [2.24, 2.45) is 0 Å². The van der Waals surface area contributed by atoms with Crippen LogP contribution in [0.1, 0.15) is 0 Å². The van der Waals surface area contributed by atoms with Crippen molar-refractivity contribution in [2.45, 2.75) is 4.90 Å². The van der Waals surface area contributed by atoms with Crippen molar-refractivity contribution in [3.05, 3.63) is 43.3 Å². The second kappa shape index (κ2) is 5.92. The number of H-pyrrole nitrogens is 1. The number of hydrogen-bond donors (Lipinski definition) is 2. The molecular weight excluding hydrogens is 363 g/mol. The fraction of sp³-hybridized carbons (Fsp3) is 0. The lowest BCUT2D eigenvalue weighted by Crippen LogP contribution is -2.09. The molecule has 0 radical (unpaired) electrons. The van der Waals surface area contributed by atoms with Crippen molar-refractivity contribution in [3.8, 4) is 0 Å². The van der Waals surface area contributed by atoms with Gasteiger partial charge in [-0.3, -0.25) is 9.89 Å². The maximum absolute atomic E-state index is 11.5. The number of nitrogens with one attached hydrogen (secondary N) is 2. The minimum Gasteiger partial charge on any atom is -0.305 e. The highest BCUT2D eigenvalue weighted by Crippen LogP contribution is 2.25. The van der Waals surface area contributed by atoms with Crippen LogP contribution in [0.25, 0.3) is 0 Å². The second-order valence-electron chi connectivity index (χ2n) is 3.08. The van der Waals surface area contributed by atoms with Gasteiger partial charge in [0.2, 0.25) is 11.2 Å². The van der Waals surface area contributed by atoms with E-state index in [9.17, 15) is 4.79 Å². The summed E-state index contributed by atoms with van der Waals surface area (Å²) >= 11 is 15.8. The summed E-state index contributed by atoms with van der Waals surface area (Å²) in [6, 6.07) is 3.02. The molecule has 0 aliphatic carbocycles. The molecule has 0 aliphatic heterocycles. The van der Waals surface area contributed by atoms with Gasteiger partial charge in [-0.2, -0.15) is 5.10 Å². The lowest BCUT2D eigenvalue weighted by atomic mass is 10.5. The van der Waals surface area contributed by atoms with Crippen molar-refractivity contribution in [1.29, 1.82) is 0 Å². The molecule has 94 valence electrons. The van der Waals surface area contributed by atoms with Crippen molar-refractivity contribution < 1.29 is 0 Å². The van der Waals surface area contributed by atoms with E-state index in [0.717, 1.165) is 4.90 Å². The highest BCUT2D eigenvalue weighted by atomic mass is 79.9. The Kier molecular flexibility index (Phi) is 4.50. The van der Waals surface area contributed by atoms with Gasteiger partial charge in [-0.1, -0.05) is 23.2 Å². The van der Waals surface area contributed by atoms with E-state index >= 15 is 0 Å². The summed E-state index contributed by atoms with van der Waals surface area (Å²) in [6.45, 7) is 0. The van der Waals surface area contributed by atoms with Crippen LogP contribution in [0, 0.1) is 0 Å². The Bertz CT molecular complexity index is 636. The molecule has 0 spiro atoms. The van der Waals surface area contributed by atoms with Crippen molar-refractivity contribution in [1.82, 2.24) is 15.2 Å². The first kappa shape index (κ1) is 13.7. The van der Waals surface area contributed by atoms with Gasteiger partial charge in [-0.25, -0.2) is 4.98 Å². The van der Waals surface area contributed by atoms with Crippen molar-refractivity contribution in [3.63, 3.8) is 0 Å². The fourth-order valence-corrected chi connectivity index (χ4v) is 2.41. The Hall–Kier alpha value is -0.760. The predicted molar refractivity (Wildman–Crippen MR) is 76.3 cm³/mol. The van der Waals surface area contributed by atoms with Crippen LogP contribution in [0.3, 0.4) is 0 Å². The third-order valence-corrected chi connectivity index (χ3v) is 3.88. The predicted octanol–water partition coefficient (Wildman–Crippen LogP) is 3.35. The lowest BCUT2D eigenvalue weighted by molar-refractivity contribution is 1.03. The summed E-state index contributed by atoms with van der Waals surface area (Å²) in [6.07, 6.45) is 1.58. The Morgan fingerprint density at radius 2 is 2.17 bits per heavy atom. The van der Waals surface area contributed by atoms with Gasteiger partial charge < -0.3 is 4.72 Å². The number of hydrogen-bond acceptors (Lipinski definition) is 5. The summed E-state index contributed by atoms with van der Waals surface area (Å²) in [7, 11) is 0. The number of halogens is 3. The van der Waals surface area contributed by atoms with Gasteiger partial charge in [-0.05, 0) is 33.9 Å². The zero-order valence-electron chi connectivity index (χ0n) is 8.58. The zero-order chi connectivity index (χ0) is 13.1. The lowest BCUT2D eigenvalue weighted by Gasteiger charge is -2.04. The van der Waals surface area contributed by atoms with Crippen LogP contribution >= 0.6 is 51.1 Å². The Labute approximate surface area is 125 Å². The third-order valence-electron chi connectivity index (χ3n) is 1.80. The van der Waals surface area contributed by atoms with Crippen LogP contribution in [-0.2, 0) is 0 Å². The minimum absolute atomic E-state index is 0.162. The molecule has 0 saturated carbocycles. The molecule has 0 fully saturated rings. The van der Waals surface area contributed by atoms with Gasteiger partial charge in [0.05, 0.1) is 4.47 Å². The highest BCUT2D eigenvalue weighted by molar-refractivity contribution is 9.10. The molecule has 2 rings (SSSR count). The number of pyridine rings is 1. The van der Waals surface area contributed by atoms with Crippen LogP contribution in [0.15, 0.2) is 32.5 Å². The normalized spacial score (nSPS) is 10.4. The van der Waals surface area contributed by atoms with Gasteiger partial charge >= 0.3 is 0 Å². The van der Waals surface area contributed by atoms with Crippen LogP contribution in [0.4, 0.5) is 5.82 Å². The SMILES string of the molecule is O=c1cc(Cl)[nH]nc1NSc1cnc(Cl)c(Br)c1. The van der Waals surface area contributed by atoms with E-state index in [4.69, 9.17) is 23.2 Å².